The highest BCUT2D eigenvalue weighted by atomic mass is 35.5. The third kappa shape index (κ3) is 19.0. The van der Waals surface area contributed by atoms with E-state index in [2.05, 4.69) is 41.1 Å². The maximum absolute atomic E-state index is 14.1. The average molecular weight is 1430 g/mol. The lowest BCUT2D eigenvalue weighted by Crippen LogP contribution is -2.42. The zero-order valence-corrected chi connectivity index (χ0v) is 59.1. The van der Waals surface area contributed by atoms with Gasteiger partial charge < -0.3 is 45.7 Å². The van der Waals surface area contributed by atoms with Crippen LogP contribution in [0.25, 0.3) is 11.3 Å². The van der Waals surface area contributed by atoms with Gasteiger partial charge in [-0.2, -0.15) is 14.7 Å². The summed E-state index contributed by atoms with van der Waals surface area (Å²) in [5.74, 6) is 0.334. The summed E-state index contributed by atoms with van der Waals surface area (Å²) in [7, 11) is -7.08. The van der Waals surface area contributed by atoms with Gasteiger partial charge in [0.25, 0.3) is 16.7 Å². The first-order chi connectivity index (χ1) is 45.5. The van der Waals surface area contributed by atoms with E-state index >= 15 is 0 Å². The van der Waals surface area contributed by atoms with Crippen LogP contribution in [0.3, 0.4) is 0 Å². The monoisotopic (exact) mass is 1430 g/mol. The molecule has 3 amide bonds. The van der Waals surface area contributed by atoms with Crippen LogP contribution in [0.1, 0.15) is 132 Å². The van der Waals surface area contributed by atoms with Crippen molar-refractivity contribution >= 4 is 107 Å². The van der Waals surface area contributed by atoms with Crippen LogP contribution in [0.2, 0.25) is 10.0 Å². The van der Waals surface area contributed by atoms with Crippen LogP contribution in [0.15, 0.2) is 108 Å². The number of fused-ring (bicyclic) bond motifs is 4. The molecular formula is C66H79Cl3N14O12S2. The smallest absolute Gasteiger partial charge is 0.411 e. The zero-order chi connectivity index (χ0) is 70.6. The number of aromatic amines is 1. The van der Waals surface area contributed by atoms with Crippen molar-refractivity contribution in [3.63, 3.8) is 0 Å². The number of nitrogens with zero attached hydrogens (tertiary/aromatic N) is 8. The molecule has 2 fully saturated rings. The number of ether oxygens (including phenoxy) is 2. The SMILES string of the molecule is CC(C)(C)OC(=O)N[C@H]1CCNC1.CS(=O)(=O)Nc1ccc(Cl)cc1C(=O)Cl.Cc1c(O)n2nc([C@@H]3Cc4ccccc4CN3C(=O)OC(C)(C)C)cc2[nH]c1=O.Cc1cn2nc([C@@H]3Cc4ccccc4CN3C(=O)c3cc(Cl)ccc3NS(C)(=O)=O)cc2nc1N1CC[C@H](N)C1. The molecule has 4 aromatic carbocycles. The Labute approximate surface area is 577 Å². The van der Waals surface area contributed by atoms with Crippen LogP contribution in [0.4, 0.5) is 26.8 Å². The van der Waals surface area contributed by atoms with E-state index in [4.69, 9.17) is 60.1 Å². The van der Waals surface area contributed by atoms with Gasteiger partial charge in [0, 0.05) is 78.7 Å². The van der Waals surface area contributed by atoms with E-state index in [1.54, 1.807) is 26.4 Å². The fourth-order valence-electron chi connectivity index (χ4n) is 11.4. The van der Waals surface area contributed by atoms with Gasteiger partial charge in [0.2, 0.25) is 25.9 Å². The summed E-state index contributed by atoms with van der Waals surface area (Å²) in [6.45, 7) is 18.8. The van der Waals surface area contributed by atoms with Crippen molar-refractivity contribution in [1.82, 2.24) is 49.6 Å². The summed E-state index contributed by atoms with van der Waals surface area (Å²) in [5.41, 5.74) is 13.1. The summed E-state index contributed by atoms with van der Waals surface area (Å²) >= 11 is 17.2. The fraction of sp³-hybridized carbons (Fsp3) is 0.394. The van der Waals surface area contributed by atoms with E-state index in [0.29, 0.717) is 58.7 Å². The lowest BCUT2D eigenvalue weighted by Gasteiger charge is -2.37. The third-order valence-corrected chi connectivity index (χ3v) is 17.7. The molecule has 4 aromatic heterocycles. The molecule has 97 heavy (non-hydrogen) atoms. The maximum atomic E-state index is 14.1. The minimum Gasteiger partial charge on any atom is -0.493 e. The van der Waals surface area contributed by atoms with Gasteiger partial charge in [0.15, 0.2) is 5.65 Å². The van der Waals surface area contributed by atoms with E-state index in [1.807, 2.05) is 103 Å². The number of aromatic nitrogens is 6. The molecule has 0 bridgehead atoms. The number of aromatic hydroxyl groups is 1. The Balaban J connectivity index is 0.000000168. The molecular weight excluding hydrogens is 1350 g/mol. The van der Waals surface area contributed by atoms with Gasteiger partial charge in [-0.1, -0.05) is 71.7 Å². The van der Waals surface area contributed by atoms with Gasteiger partial charge in [0.1, 0.15) is 22.7 Å². The highest BCUT2D eigenvalue weighted by molar-refractivity contribution is 7.92. The molecule has 12 rings (SSSR count). The highest BCUT2D eigenvalue weighted by Gasteiger charge is 2.38. The minimum atomic E-state index is -3.63. The second-order valence-electron chi connectivity index (χ2n) is 26.1. The standard InChI is InChI=1S/C28H30ClN7O3S.C21H24N4O4.C9H18N2O2.C8H7Cl2NO3S/c1-17-14-36-26(31-27(17)34-10-9-21(30)16-34)13-24(32-36)25-11-18-5-3-4-6-19(18)15-35(25)28(37)22-12-20(29)7-8-23(22)33-40(2,38)39;1-12-18(26)22-17-10-15(23-25(17)19(12)27)16-9-13-7-5-6-8-14(13)11-24(16)20(28)29-21(2,3)4;1-9(2,3)13-8(12)11-7-4-5-10-6-7;1-15(13,14)11-7-3-2-5(9)4-6(7)8(10)12/h3-8,12-14,21,25,33H,9-11,15-16,30H2,1-2H3;5-8,10,16,27H,9,11H2,1-4H3,(H,22,26);7,10H,4-6H2,1-3H3,(H,11,12);2-4,11H,1H3/t21-,25-;16-;7-;/m000./s1. The number of sulfonamides is 2. The average Bonchev–Trinajstić information content (AvgIpc) is 1.74. The summed E-state index contributed by atoms with van der Waals surface area (Å²) in [6.07, 6.45) is 6.25. The summed E-state index contributed by atoms with van der Waals surface area (Å²) < 4.78 is 64.4. The van der Waals surface area contributed by atoms with E-state index in [-0.39, 0.29) is 69.6 Å². The molecule has 2 saturated heterocycles. The van der Waals surface area contributed by atoms with Gasteiger partial charge in [0.05, 0.1) is 64.0 Å². The number of H-pyrrole nitrogens is 1. The number of nitrogens with one attached hydrogen (secondary N) is 5. The van der Waals surface area contributed by atoms with E-state index in [1.165, 1.54) is 41.8 Å². The van der Waals surface area contributed by atoms with Gasteiger partial charge in [-0.05, 0) is 158 Å². The van der Waals surface area contributed by atoms with Crippen molar-refractivity contribution in [3.8, 4) is 5.88 Å². The lowest BCUT2D eigenvalue weighted by atomic mass is 9.91. The minimum absolute atomic E-state index is 0.0228. The number of alkyl carbamates (subject to hydrolysis) is 1. The van der Waals surface area contributed by atoms with Crippen LogP contribution in [0.5, 0.6) is 5.88 Å². The summed E-state index contributed by atoms with van der Waals surface area (Å²) in [6, 6.07) is 27.8. The second-order valence-corrected chi connectivity index (χ2v) is 30.9. The fourth-order valence-corrected chi connectivity index (χ4v) is 13.1. The second kappa shape index (κ2) is 29.7. The van der Waals surface area contributed by atoms with Crippen molar-refractivity contribution < 1.29 is 50.6 Å². The van der Waals surface area contributed by atoms with E-state index in [9.17, 15) is 45.9 Å². The Morgan fingerprint density at radius 3 is 1.80 bits per heavy atom. The first-order valence-electron chi connectivity index (χ1n) is 31.0. The molecule has 0 aliphatic carbocycles. The van der Waals surface area contributed by atoms with Crippen molar-refractivity contribution in [2.75, 3.05) is 53.0 Å². The van der Waals surface area contributed by atoms with Crippen molar-refractivity contribution in [3.05, 3.63) is 180 Å². The third-order valence-electron chi connectivity index (χ3n) is 15.8. The molecule has 0 spiro atoms. The summed E-state index contributed by atoms with van der Waals surface area (Å²) in [4.78, 5) is 74.5. The van der Waals surface area contributed by atoms with E-state index in [0.717, 1.165) is 85.2 Å². The molecule has 518 valence electrons. The zero-order valence-electron chi connectivity index (χ0n) is 55.2. The molecule has 8 aromatic rings. The van der Waals surface area contributed by atoms with Crippen LogP contribution < -0.4 is 36.3 Å². The Morgan fingerprint density at radius 2 is 1.27 bits per heavy atom. The Hall–Kier alpha value is -8.51. The lowest BCUT2D eigenvalue weighted by molar-refractivity contribution is 0.0110. The number of nitrogens with two attached hydrogens (primary N) is 1. The molecule has 0 radical (unpaired) electrons. The Bertz CT molecular complexity index is 4590. The van der Waals surface area contributed by atoms with Crippen LogP contribution in [-0.2, 0) is 55.5 Å². The van der Waals surface area contributed by atoms with Crippen LogP contribution in [-0.4, -0.2) is 146 Å². The highest BCUT2D eigenvalue weighted by Crippen LogP contribution is 2.38. The molecule has 4 atom stereocenters. The molecule has 4 aliphatic heterocycles. The number of benzene rings is 4. The number of halogens is 3. The maximum Gasteiger partial charge on any atom is 0.411 e. The van der Waals surface area contributed by atoms with Gasteiger partial charge in [-0.25, -0.2) is 35.9 Å². The van der Waals surface area contributed by atoms with Gasteiger partial charge in [-0.3, -0.25) is 28.7 Å². The van der Waals surface area contributed by atoms with Crippen molar-refractivity contribution in [2.45, 2.75) is 130 Å². The van der Waals surface area contributed by atoms with E-state index < -0.39 is 48.6 Å². The Kier molecular flexibility index (Phi) is 22.3. The number of aryl methyl sites for hydroxylation is 1. The topological polar surface area (TPSA) is 339 Å². The molecule has 8 heterocycles. The Morgan fingerprint density at radius 1 is 0.722 bits per heavy atom. The number of hydrogen-bond donors (Lipinski definition) is 7. The number of amides is 3. The molecule has 0 unspecified atom stereocenters. The normalized spacial score (nSPS) is 17.7. The number of anilines is 3. The predicted octanol–water partition coefficient (Wildman–Crippen LogP) is 9.57. The van der Waals surface area contributed by atoms with Crippen LogP contribution in [0, 0.1) is 13.8 Å². The summed E-state index contributed by atoms with van der Waals surface area (Å²) in [5, 5.41) is 25.5. The molecule has 26 nitrogen and oxygen atoms in total. The number of carbonyl (C=O) groups excluding carboxylic acids is 4. The first-order valence-corrected chi connectivity index (χ1v) is 36.0. The van der Waals surface area contributed by atoms with Gasteiger partial charge >= 0.3 is 12.2 Å². The van der Waals surface area contributed by atoms with Crippen LogP contribution >= 0.6 is 34.8 Å². The quantitative estimate of drug-likeness (QED) is 0.0626. The van der Waals surface area contributed by atoms with Crippen molar-refractivity contribution in [2.24, 2.45) is 5.73 Å². The molecule has 8 N–H and O–H groups in total. The predicted molar refractivity (Wildman–Crippen MR) is 373 cm³/mol. The largest absolute Gasteiger partial charge is 0.493 e. The first kappa shape index (κ1) is 72.8. The number of rotatable bonds is 10. The molecule has 0 saturated carbocycles. The molecule has 31 heteroatoms. The number of hydrogen-bond acceptors (Lipinski definition) is 18. The van der Waals surface area contributed by atoms with Crippen molar-refractivity contribution in [1.29, 1.82) is 0 Å². The number of carbonyl (C=O) groups is 4. The molecule has 4 aliphatic rings. The van der Waals surface area contributed by atoms with Gasteiger partial charge in [-0.15, -0.1) is 0 Å².